The first-order valence-corrected chi connectivity index (χ1v) is 7.15. The van der Waals surface area contributed by atoms with E-state index in [1.807, 2.05) is 0 Å². The van der Waals surface area contributed by atoms with Crippen molar-refractivity contribution in [1.29, 1.82) is 0 Å². The molecule has 0 aromatic rings. The number of hydrogen-bond acceptors (Lipinski definition) is 2. The predicted molar refractivity (Wildman–Crippen MR) is 69.7 cm³/mol. The van der Waals surface area contributed by atoms with Crippen molar-refractivity contribution in [2.24, 2.45) is 17.8 Å². The van der Waals surface area contributed by atoms with E-state index in [2.05, 4.69) is 24.1 Å². The van der Waals surface area contributed by atoms with Crippen LogP contribution in [-0.4, -0.2) is 37.0 Å². The quantitative estimate of drug-likeness (QED) is 0.814. The van der Waals surface area contributed by atoms with Gasteiger partial charge in [0.15, 0.2) is 0 Å². The zero-order chi connectivity index (χ0) is 12.3. The average Bonchev–Trinajstić information content (AvgIpc) is 2.82. The highest BCUT2D eigenvalue weighted by molar-refractivity contribution is 5.76. The lowest BCUT2D eigenvalue weighted by atomic mass is 9.83. The number of carbonyl (C=O) groups excluding carboxylic acids is 1. The summed E-state index contributed by atoms with van der Waals surface area (Å²) in [5.74, 6) is 2.58. The summed E-state index contributed by atoms with van der Waals surface area (Å²) in [7, 11) is 0. The molecule has 2 aliphatic heterocycles. The summed E-state index contributed by atoms with van der Waals surface area (Å²) in [6.45, 7) is 8.62. The maximum atomic E-state index is 12.0. The highest BCUT2D eigenvalue weighted by Gasteiger charge is 2.29. The van der Waals surface area contributed by atoms with Gasteiger partial charge in [-0.2, -0.15) is 0 Å². The Balaban J connectivity index is 1.75. The zero-order valence-electron chi connectivity index (χ0n) is 11.2. The van der Waals surface area contributed by atoms with E-state index in [0.29, 0.717) is 11.8 Å². The van der Waals surface area contributed by atoms with Gasteiger partial charge in [0.1, 0.15) is 0 Å². The van der Waals surface area contributed by atoms with E-state index in [9.17, 15) is 4.79 Å². The number of carbonyl (C=O) groups is 1. The van der Waals surface area contributed by atoms with E-state index in [1.54, 1.807) is 0 Å². The molecule has 2 saturated heterocycles. The van der Waals surface area contributed by atoms with Crippen LogP contribution in [0.4, 0.5) is 0 Å². The van der Waals surface area contributed by atoms with E-state index < -0.39 is 0 Å². The van der Waals surface area contributed by atoms with Crippen molar-refractivity contribution in [3.63, 3.8) is 0 Å². The first kappa shape index (κ1) is 12.9. The Morgan fingerprint density at radius 1 is 1.24 bits per heavy atom. The molecule has 2 fully saturated rings. The van der Waals surface area contributed by atoms with Crippen LogP contribution >= 0.6 is 0 Å². The van der Waals surface area contributed by atoms with Crippen LogP contribution in [-0.2, 0) is 4.79 Å². The van der Waals surface area contributed by atoms with Gasteiger partial charge < -0.3 is 10.2 Å². The molecule has 1 N–H and O–H groups in total. The van der Waals surface area contributed by atoms with E-state index >= 15 is 0 Å². The summed E-state index contributed by atoms with van der Waals surface area (Å²) in [6.07, 6.45) is 4.49. The molecule has 0 aromatic heterocycles. The van der Waals surface area contributed by atoms with Gasteiger partial charge in [0.05, 0.1) is 0 Å². The molecule has 2 aliphatic rings. The van der Waals surface area contributed by atoms with Crippen LogP contribution < -0.4 is 5.32 Å². The number of rotatable bonds is 3. The Bertz CT molecular complexity index is 251. The van der Waals surface area contributed by atoms with Crippen LogP contribution in [0.5, 0.6) is 0 Å². The van der Waals surface area contributed by atoms with Crippen LogP contribution in [0.15, 0.2) is 0 Å². The third-order valence-electron chi connectivity index (χ3n) is 4.24. The summed E-state index contributed by atoms with van der Waals surface area (Å²) >= 11 is 0. The monoisotopic (exact) mass is 238 g/mol. The van der Waals surface area contributed by atoms with Crippen molar-refractivity contribution in [3.05, 3.63) is 0 Å². The van der Waals surface area contributed by atoms with E-state index in [4.69, 9.17) is 0 Å². The first-order chi connectivity index (χ1) is 8.16. The number of piperidine rings is 1. The summed E-state index contributed by atoms with van der Waals surface area (Å²) in [4.78, 5) is 14.0. The highest BCUT2D eigenvalue weighted by atomic mass is 16.2. The lowest BCUT2D eigenvalue weighted by Gasteiger charge is -2.35. The van der Waals surface area contributed by atoms with Crippen molar-refractivity contribution in [1.82, 2.24) is 10.2 Å². The van der Waals surface area contributed by atoms with Crippen LogP contribution in [0.25, 0.3) is 0 Å². The minimum absolute atomic E-state index is 0.364. The maximum absolute atomic E-state index is 12.0. The molecule has 0 bridgehead atoms. The highest BCUT2D eigenvalue weighted by Crippen LogP contribution is 2.29. The van der Waals surface area contributed by atoms with Crippen LogP contribution in [0.2, 0.25) is 0 Å². The predicted octanol–water partition coefficient (Wildman–Crippen LogP) is 1.88. The van der Waals surface area contributed by atoms with Gasteiger partial charge in [-0.3, -0.25) is 4.79 Å². The van der Waals surface area contributed by atoms with Crippen molar-refractivity contribution in [2.45, 2.75) is 39.5 Å². The Morgan fingerprint density at radius 3 is 2.47 bits per heavy atom. The molecule has 2 rings (SSSR count). The number of hydrogen-bond donors (Lipinski definition) is 1. The van der Waals surface area contributed by atoms with Gasteiger partial charge in [0.25, 0.3) is 0 Å². The number of amides is 1. The SMILES string of the molecule is CC(C)CC(=O)N1CCC(C2CCNC2)CC1. The van der Waals surface area contributed by atoms with E-state index in [0.717, 1.165) is 31.3 Å². The Kier molecular flexibility index (Phi) is 4.43. The van der Waals surface area contributed by atoms with E-state index in [1.165, 1.54) is 32.4 Å². The molecule has 17 heavy (non-hydrogen) atoms. The standard InChI is InChI=1S/C14H26N2O/c1-11(2)9-14(17)16-7-4-12(5-8-16)13-3-6-15-10-13/h11-13,15H,3-10H2,1-2H3. The molecule has 3 nitrogen and oxygen atoms in total. The number of nitrogens with zero attached hydrogens (tertiary/aromatic N) is 1. The van der Waals surface area contributed by atoms with Gasteiger partial charge >= 0.3 is 0 Å². The minimum Gasteiger partial charge on any atom is -0.343 e. The fourth-order valence-electron chi connectivity index (χ4n) is 3.18. The molecule has 3 heteroatoms. The van der Waals surface area contributed by atoms with Crippen molar-refractivity contribution in [2.75, 3.05) is 26.2 Å². The normalized spacial score (nSPS) is 26.8. The van der Waals surface area contributed by atoms with Gasteiger partial charge in [-0.1, -0.05) is 13.8 Å². The molecule has 0 saturated carbocycles. The van der Waals surface area contributed by atoms with Crippen LogP contribution in [0, 0.1) is 17.8 Å². The lowest BCUT2D eigenvalue weighted by molar-refractivity contribution is -0.133. The topological polar surface area (TPSA) is 32.3 Å². The minimum atomic E-state index is 0.364. The van der Waals surface area contributed by atoms with Crippen molar-refractivity contribution >= 4 is 5.91 Å². The largest absolute Gasteiger partial charge is 0.343 e. The van der Waals surface area contributed by atoms with Crippen molar-refractivity contribution in [3.8, 4) is 0 Å². The molecule has 1 atom stereocenters. The molecule has 0 radical (unpaired) electrons. The maximum Gasteiger partial charge on any atom is 0.222 e. The Labute approximate surface area is 105 Å². The molecule has 98 valence electrons. The van der Waals surface area contributed by atoms with Gasteiger partial charge in [-0.25, -0.2) is 0 Å². The van der Waals surface area contributed by atoms with Gasteiger partial charge in [0.2, 0.25) is 5.91 Å². The second kappa shape index (κ2) is 5.85. The summed E-state index contributed by atoms with van der Waals surface area (Å²) in [5.41, 5.74) is 0. The number of nitrogens with one attached hydrogen (secondary N) is 1. The van der Waals surface area contributed by atoms with E-state index in [-0.39, 0.29) is 0 Å². The third kappa shape index (κ3) is 3.44. The molecule has 0 aromatic carbocycles. The van der Waals surface area contributed by atoms with Crippen molar-refractivity contribution < 1.29 is 4.79 Å². The number of likely N-dealkylation sites (tertiary alicyclic amines) is 1. The van der Waals surface area contributed by atoms with Gasteiger partial charge in [0, 0.05) is 19.5 Å². The fraction of sp³-hybridized carbons (Fsp3) is 0.929. The van der Waals surface area contributed by atoms with Gasteiger partial charge in [-0.15, -0.1) is 0 Å². The molecule has 0 spiro atoms. The Hall–Kier alpha value is -0.570. The first-order valence-electron chi connectivity index (χ1n) is 7.15. The molecule has 0 aliphatic carbocycles. The fourth-order valence-corrected chi connectivity index (χ4v) is 3.18. The molecule has 2 heterocycles. The van der Waals surface area contributed by atoms with Crippen LogP contribution in [0.3, 0.4) is 0 Å². The molecule has 1 unspecified atom stereocenters. The second-order valence-electron chi connectivity index (χ2n) is 6.07. The third-order valence-corrected chi connectivity index (χ3v) is 4.24. The molecule has 1 amide bonds. The summed E-state index contributed by atoms with van der Waals surface area (Å²) in [5, 5.41) is 3.45. The molecular weight excluding hydrogens is 212 g/mol. The zero-order valence-corrected chi connectivity index (χ0v) is 11.2. The summed E-state index contributed by atoms with van der Waals surface area (Å²) < 4.78 is 0. The second-order valence-corrected chi connectivity index (χ2v) is 6.07. The lowest BCUT2D eigenvalue weighted by Crippen LogP contribution is -2.40. The van der Waals surface area contributed by atoms with Gasteiger partial charge in [-0.05, 0) is 50.1 Å². The Morgan fingerprint density at radius 2 is 1.94 bits per heavy atom. The molecular formula is C14H26N2O. The smallest absolute Gasteiger partial charge is 0.222 e. The summed E-state index contributed by atoms with van der Waals surface area (Å²) in [6, 6.07) is 0. The van der Waals surface area contributed by atoms with Crippen LogP contribution in [0.1, 0.15) is 39.5 Å². The average molecular weight is 238 g/mol.